The molecule has 0 saturated heterocycles. The highest BCUT2D eigenvalue weighted by molar-refractivity contribution is 7.09. The Morgan fingerprint density at radius 2 is 2.31 bits per heavy atom. The van der Waals surface area contributed by atoms with Gasteiger partial charge in [-0.3, -0.25) is 0 Å². The second kappa shape index (κ2) is 5.23. The van der Waals surface area contributed by atoms with Crippen molar-refractivity contribution in [1.82, 2.24) is 4.98 Å². The molecule has 1 aromatic carbocycles. The van der Waals surface area contributed by atoms with Gasteiger partial charge in [-0.25, -0.2) is 4.98 Å². The first-order valence-electron chi connectivity index (χ1n) is 4.89. The Balaban J connectivity index is 2.11. The number of hydrogen-bond acceptors (Lipinski definition) is 3. The number of halogens is 1. The third-order valence-corrected chi connectivity index (χ3v) is 3.27. The fraction of sp³-hybridized carbons (Fsp3) is 0.167. The van der Waals surface area contributed by atoms with Crippen LogP contribution in [0, 0.1) is 0 Å². The molecule has 1 aromatic heterocycles. The first-order valence-corrected chi connectivity index (χ1v) is 6.15. The summed E-state index contributed by atoms with van der Waals surface area (Å²) in [6.07, 6.45) is 2.04. The Bertz CT molecular complexity index is 495. The molecular formula is C12H10ClNOS. The van der Waals surface area contributed by atoms with Crippen molar-refractivity contribution in [3.05, 3.63) is 50.9 Å². The van der Waals surface area contributed by atoms with E-state index in [1.54, 1.807) is 11.3 Å². The quantitative estimate of drug-likeness (QED) is 0.782. The van der Waals surface area contributed by atoms with Crippen molar-refractivity contribution >= 4 is 29.2 Å². The SMILES string of the molecule is O=CCc1csc(Cc2cccc(Cl)c2)n1. The van der Waals surface area contributed by atoms with E-state index in [1.165, 1.54) is 0 Å². The molecule has 0 aliphatic carbocycles. The lowest BCUT2D eigenvalue weighted by Crippen LogP contribution is -1.90. The highest BCUT2D eigenvalue weighted by Crippen LogP contribution is 2.17. The van der Waals surface area contributed by atoms with Crippen LogP contribution in [0.2, 0.25) is 5.02 Å². The lowest BCUT2D eigenvalue weighted by molar-refractivity contribution is -0.107. The van der Waals surface area contributed by atoms with Crippen LogP contribution in [-0.2, 0) is 17.6 Å². The van der Waals surface area contributed by atoms with Crippen LogP contribution in [0.3, 0.4) is 0 Å². The van der Waals surface area contributed by atoms with Crippen molar-refractivity contribution in [2.24, 2.45) is 0 Å². The van der Waals surface area contributed by atoms with Crippen LogP contribution in [0.15, 0.2) is 29.6 Å². The molecule has 0 bridgehead atoms. The van der Waals surface area contributed by atoms with Gasteiger partial charge in [0.25, 0.3) is 0 Å². The number of hydrogen-bond donors (Lipinski definition) is 0. The minimum Gasteiger partial charge on any atom is -0.303 e. The minimum absolute atomic E-state index is 0.395. The monoisotopic (exact) mass is 251 g/mol. The first-order chi connectivity index (χ1) is 7.78. The molecule has 82 valence electrons. The first kappa shape index (κ1) is 11.3. The molecule has 2 nitrogen and oxygen atoms in total. The normalized spacial score (nSPS) is 10.3. The molecule has 0 atom stereocenters. The summed E-state index contributed by atoms with van der Waals surface area (Å²) in [4.78, 5) is 14.7. The van der Waals surface area contributed by atoms with Gasteiger partial charge in [0.2, 0.25) is 0 Å². The summed E-state index contributed by atoms with van der Waals surface area (Å²) in [7, 11) is 0. The van der Waals surface area contributed by atoms with Crippen molar-refractivity contribution in [2.75, 3.05) is 0 Å². The van der Waals surface area contributed by atoms with Gasteiger partial charge in [0, 0.05) is 23.2 Å². The number of carbonyl (C=O) groups is 1. The number of aromatic nitrogens is 1. The Hall–Kier alpha value is -1.19. The number of carbonyl (C=O) groups excluding carboxylic acids is 1. The zero-order chi connectivity index (χ0) is 11.4. The molecule has 0 fully saturated rings. The predicted octanol–water partition coefficient (Wildman–Crippen LogP) is 3.13. The predicted molar refractivity (Wildman–Crippen MR) is 66.1 cm³/mol. The number of thiazole rings is 1. The van der Waals surface area contributed by atoms with Gasteiger partial charge in [-0.1, -0.05) is 23.7 Å². The molecule has 2 rings (SSSR count). The van der Waals surface area contributed by atoms with Gasteiger partial charge in [-0.05, 0) is 17.7 Å². The van der Waals surface area contributed by atoms with Crippen LogP contribution in [0.4, 0.5) is 0 Å². The number of rotatable bonds is 4. The third kappa shape index (κ3) is 2.90. The maximum atomic E-state index is 10.3. The Morgan fingerprint density at radius 3 is 3.06 bits per heavy atom. The highest BCUT2D eigenvalue weighted by Gasteiger charge is 2.03. The van der Waals surface area contributed by atoms with Crippen molar-refractivity contribution in [3.63, 3.8) is 0 Å². The molecular weight excluding hydrogens is 242 g/mol. The number of nitrogens with zero attached hydrogens (tertiary/aromatic N) is 1. The van der Waals surface area contributed by atoms with Crippen LogP contribution < -0.4 is 0 Å². The van der Waals surface area contributed by atoms with E-state index in [9.17, 15) is 4.79 Å². The summed E-state index contributed by atoms with van der Waals surface area (Å²) in [5.74, 6) is 0. The molecule has 0 unspecified atom stereocenters. The summed E-state index contributed by atoms with van der Waals surface area (Å²) >= 11 is 7.48. The van der Waals surface area contributed by atoms with E-state index in [2.05, 4.69) is 4.98 Å². The largest absolute Gasteiger partial charge is 0.303 e. The fourth-order valence-electron chi connectivity index (χ4n) is 1.43. The summed E-state index contributed by atoms with van der Waals surface area (Å²) in [5, 5.41) is 3.68. The van der Waals surface area contributed by atoms with Crippen molar-refractivity contribution in [2.45, 2.75) is 12.8 Å². The van der Waals surface area contributed by atoms with E-state index in [1.807, 2.05) is 29.6 Å². The Morgan fingerprint density at radius 1 is 1.44 bits per heavy atom. The molecule has 1 heterocycles. The fourth-order valence-corrected chi connectivity index (χ4v) is 2.48. The van der Waals surface area contributed by atoms with Gasteiger partial charge in [-0.15, -0.1) is 11.3 Å². The molecule has 0 aliphatic heterocycles. The molecule has 4 heteroatoms. The topological polar surface area (TPSA) is 30.0 Å². The third-order valence-electron chi connectivity index (χ3n) is 2.14. The molecule has 0 spiro atoms. The Kier molecular flexibility index (Phi) is 3.70. The maximum Gasteiger partial charge on any atom is 0.125 e. The molecule has 0 radical (unpaired) electrons. The van der Waals surface area contributed by atoms with E-state index < -0.39 is 0 Å². The summed E-state index contributed by atoms with van der Waals surface area (Å²) in [5.41, 5.74) is 1.98. The zero-order valence-corrected chi connectivity index (χ0v) is 10.1. The van der Waals surface area contributed by atoms with Gasteiger partial charge in [0.1, 0.15) is 6.29 Å². The Labute approximate surface area is 103 Å². The van der Waals surface area contributed by atoms with Crippen molar-refractivity contribution in [1.29, 1.82) is 0 Å². The number of benzene rings is 1. The maximum absolute atomic E-state index is 10.3. The van der Waals surface area contributed by atoms with E-state index in [4.69, 9.17) is 11.6 Å². The van der Waals surface area contributed by atoms with Crippen LogP contribution in [0.1, 0.15) is 16.3 Å². The molecule has 2 aromatic rings. The zero-order valence-electron chi connectivity index (χ0n) is 8.52. The average molecular weight is 252 g/mol. The standard InChI is InChI=1S/C12H10ClNOS/c13-10-3-1-2-9(6-10)7-12-14-11(4-5-15)8-16-12/h1-3,5-6,8H,4,7H2. The highest BCUT2D eigenvalue weighted by atomic mass is 35.5. The summed E-state index contributed by atoms with van der Waals surface area (Å²) in [6.45, 7) is 0. The van der Waals surface area contributed by atoms with E-state index in [0.29, 0.717) is 6.42 Å². The van der Waals surface area contributed by atoms with E-state index >= 15 is 0 Å². The van der Waals surface area contributed by atoms with Crippen molar-refractivity contribution in [3.8, 4) is 0 Å². The van der Waals surface area contributed by atoms with Crippen LogP contribution in [0.5, 0.6) is 0 Å². The minimum atomic E-state index is 0.395. The molecule has 0 saturated carbocycles. The van der Waals surface area contributed by atoms with Crippen LogP contribution in [-0.4, -0.2) is 11.3 Å². The van der Waals surface area contributed by atoms with Crippen molar-refractivity contribution < 1.29 is 4.79 Å². The second-order valence-corrected chi connectivity index (χ2v) is 4.79. The van der Waals surface area contributed by atoms with Gasteiger partial charge < -0.3 is 4.79 Å². The number of aldehydes is 1. The summed E-state index contributed by atoms with van der Waals surface area (Å²) in [6, 6.07) is 7.73. The smallest absolute Gasteiger partial charge is 0.125 e. The summed E-state index contributed by atoms with van der Waals surface area (Å²) < 4.78 is 0. The van der Waals surface area contributed by atoms with E-state index in [0.717, 1.165) is 34.0 Å². The molecule has 0 aliphatic rings. The van der Waals surface area contributed by atoms with Crippen LogP contribution >= 0.6 is 22.9 Å². The lowest BCUT2D eigenvalue weighted by Gasteiger charge is -1.98. The lowest BCUT2D eigenvalue weighted by atomic mass is 10.2. The average Bonchev–Trinajstić information content (AvgIpc) is 2.66. The van der Waals surface area contributed by atoms with Gasteiger partial charge in [0.15, 0.2) is 0 Å². The molecule has 0 amide bonds. The van der Waals surface area contributed by atoms with Gasteiger partial charge >= 0.3 is 0 Å². The second-order valence-electron chi connectivity index (χ2n) is 3.41. The van der Waals surface area contributed by atoms with Crippen LogP contribution in [0.25, 0.3) is 0 Å². The molecule has 0 N–H and O–H groups in total. The molecule has 16 heavy (non-hydrogen) atoms. The van der Waals surface area contributed by atoms with E-state index in [-0.39, 0.29) is 0 Å². The van der Waals surface area contributed by atoms with Gasteiger partial charge in [0.05, 0.1) is 10.7 Å². The van der Waals surface area contributed by atoms with Gasteiger partial charge in [-0.2, -0.15) is 0 Å².